The number of esters is 1. The summed E-state index contributed by atoms with van der Waals surface area (Å²) >= 11 is 0. The lowest BCUT2D eigenvalue weighted by Gasteiger charge is -2.04. The molecule has 0 aliphatic rings. The average Bonchev–Trinajstić information content (AvgIpc) is 2.77. The number of carbonyl (C=O) groups is 2. The van der Waals surface area contributed by atoms with E-state index >= 15 is 0 Å². The first-order chi connectivity index (χ1) is 15.6. The molecule has 0 rings (SSSR count). The monoisotopic (exact) mass is 456 g/mol. The van der Waals surface area contributed by atoms with Gasteiger partial charge in [-0.3, -0.25) is 9.59 Å². The molecule has 0 bridgehead atoms. The summed E-state index contributed by atoms with van der Waals surface area (Å²) < 4.78 is 5.12. The first-order valence-electron chi connectivity index (χ1n) is 14.0. The minimum atomic E-state index is -0.659. The summed E-state index contributed by atoms with van der Waals surface area (Å²) in [6.45, 7) is 7.19. The summed E-state index contributed by atoms with van der Waals surface area (Å²) in [5, 5.41) is 8.41. The quantitative estimate of drug-likeness (QED) is 0.123. The summed E-state index contributed by atoms with van der Waals surface area (Å²) in [4.78, 5) is 21.5. The number of carbonyl (C=O) groups excluding carboxylic acids is 1. The van der Waals surface area contributed by atoms with Crippen LogP contribution in [0.15, 0.2) is 0 Å². The summed E-state index contributed by atoms with van der Waals surface area (Å²) in [7, 11) is 0. The van der Waals surface area contributed by atoms with Gasteiger partial charge in [0.2, 0.25) is 0 Å². The van der Waals surface area contributed by atoms with Crippen LogP contribution >= 0.6 is 0 Å². The van der Waals surface area contributed by atoms with Crippen LogP contribution in [0.2, 0.25) is 0 Å². The molecule has 0 aromatic carbocycles. The number of carboxylic acid groups (broad SMARTS) is 1. The molecular formula is C28H56O4. The maximum Gasteiger partial charge on any atom is 0.305 e. The van der Waals surface area contributed by atoms with Gasteiger partial charge in [-0.05, 0) is 19.3 Å². The lowest BCUT2D eigenvalue weighted by molar-refractivity contribution is -0.144. The Balaban J connectivity index is 0. The standard InChI is InChI=1S/C16H32O2.C12H24O2/c1-3-5-7-8-9-10-11-12-13-14-16(17)18-15-6-4-2;1-2-3-4-5-6-7-8-9-10-11-12(13)14/h3-15H2,1-2H3;2-11H2,1H3,(H,13,14). The Bertz CT molecular complexity index is 382. The Kier molecular flexibility index (Phi) is 31.0. The van der Waals surface area contributed by atoms with Gasteiger partial charge in [0.25, 0.3) is 0 Å². The van der Waals surface area contributed by atoms with Crippen LogP contribution in [0.3, 0.4) is 0 Å². The van der Waals surface area contributed by atoms with Gasteiger partial charge >= 0.3 is 11.9 Å². The molecule has 0 saturated carbocycles. The van der Waals surface area contributed by atoms with Crippen LogP contribution < -0.4 is 0 Å². The molecule has 0 aliphatic heterocycles. The molecule has 0 spiro atoms. The van der Waals surface area contributed by atoms with Gasteiger partial charge in [-0.25, -0.2) is 0 Å². The van der Waals surface area contributed by atoms with E-state index in [1.165, 1.54) is 96.3 Å². The molecule has 0 aromatic heterocycles. The third kappa shape index (κ3) is 33.6. The van der Waals surface area contributed by atoms with Crippen molar-refractivity contribution in [2.75, 3.05) is 6.61 Å². The van der Waals surface area contributed by atoms with E-state index in [4.69, 9.17) is 9.84 Å². The van der Waals surface area contributed by atoms with Crippen LogP contribution in [0.5, 0.6) is 0 Å². The number of hydrogen-bond donors (Lipinski definition) is 1. The molecule has 0 aromatic rings. The largest absolute Gasteiger partial charge is 0.481 e. The molecule has 32 heavy (non-hydrogen) atoms. The van der Waals surface area contributed by atoms with E-state index in [0.29, 0.717) is 19.4 Å². The minimum Gasteiger partial charge on any atom is -0.481 e. The van der Waals surface area contributed by atoms with Gasteiger partial charge < -0.3 is 9.84 Å². The zero-order chi connectivity index (χ0) is 24.1. The van der Waals surface area contributed by atoms with Crippen molar-refractivity contribution >= 4 is 11.9 Å². The van der Waals surface area contributed by atoms with Crippen molar-refractivity contribution < 1.29 is 19.4 Å². The number of ether oxygens (including phenoxy) is 1. The van der Waals surface area contributed by atoms with E-state index < -0.39 is 5.97 Å². The summed E-state index contributed by atoms with van der Waals surface area (Å²) in [6, 6.07) is 0. The van der Waals surface area contributed by atoms with E-state index in [-0.39, 0.29) is 5.97 Å². The van der Waals surface area contributed by atoms with E-state index in [2.05, 4.69) is 20.8 Å². The van der Waals surface area contributed by atoms with E-state index in [0.717, 1.165) is 32.1 Å². The fourth-order valence-electron chi connectivity index (χ4n) is 3.57. The smallest absolute Gasteiger partial charge is 0.305 e. The molecule has 0 fully saturated rings. The molecule has 4 heteroatoms. The molecule has 0 amide bonds. The van der Waals surface area contributed by atoms with Crippen LogP contribution in [0.1, 0.15) is 162 Å². The van der Waals surface area contributed by atoms with E-state index in [9.17, 15) is 9.59 Å². The predicted molar refractivity (Wildman–Crippen MR) is 137 cm³/mol. The molecule has 1 N–H and O–H groups in total. The van der Waals surface area contributed by atoms with Gasteiger partial charge in [-0.15, -0.1) is 0 Å². The van der Waals surface area contributed by atoms with E-state index in [1.807, 2.05) is 0 Å². The molecular weight excluding hydrogens is 400 g/mol. The zero-order valence-electron chi connectivity index (χ0n) is 21.9. The van der Waals surface area contributed by atoms with Crippen molar-refractivity contribution in [1.82, 2.24) is 0 Å². The van der Waals surface area contributed by atoms with Gasteiger partial charge in [0.15, 0.2) is 0 Å². The average molecular weight is 457 g/mol. The van der Waals surface area contributed by atoms with Gasteiger partial charge in [-0.1, -0.05) is 130 Å². The van der Waals surface area contributed by atoms with Crippen LogP contribution in [-0.4, -0.2) is 23.7 Å². The maximum absolute atomic E-state index is 11.3. The lowest BCUT2D eigenvalue weighted by atomic mass is 10.1. The van der Waals surface area contributed by atoms with Gasteiger partial charge in [0.05, 0.1) is 6.61 Å². The van der Waals surface area contributed by atoms with Crippen LogP contribution in [0, 0.1) is 0 Å². The first-order valence-corrected chi connectivity index (χ1v) is 14.0. The Morgan fingerprint density at radius 2 is 0.844 bits per heavy atom. The molecule has 192 valence electrons. The van der Waals surface area contributed by atoms with Crippen LogP contribution in [0.4, 0.5) is 0 Å². The molecule has 0 saturated heterocycles. The molecule has 0 atom stereocenters. The second-order valence-electron chi connectivity index (χ2n) is 9.12. The van der Waals surface area contributed by atoms with E-state index in [1.54, 1.807) is 0 Å². The number of aliphatic carboxylic acids is 1. The molecule has 0 radical (unpaired) electrons. The highest BCUT2D eigenvalue weighted by Gasteiger charge is 2.01. The maximum atomic E-state index is 11.3. The lowest BCUT2D eigenvalue weighted by Crippen LogP contribution is -2.05. The van der Waals surface area contributed by atoms with Crippen molar-refractivity contribution in [3.05, 3.63) is 0 Å². The zero-order valence-corrected chi connectivity index (χ0v) is 21.9. The normalized spacial score (nSPS) is 10.5. The van der Waals surface area contributed by atoms with Crippen LogP contribution in [-0.2, 0) is 14.3 Å². The summed E-state index contributed by atoms with van der Waals surface area (Å²) in [6.07, 6.45) is 25.8. The highest BCUT2D eigenvalue weighted by atomic mass is 16.5. The Hall–Kier alpha value is -1.06. The fraction of sp³-hybridized carbons (Fsp3) is 0.929. The molecule has 4 nitrogen and oxygen atoms in total. The van der Waals surface area contributed by atoms with Crippen molar-refractivity contribution in [3.63, 3.8) is 0 Å². The highest BCUT2D eigenvalue weighted by Crippen LogP contribution is 2.11. The van der Waals surface area contributed by atoms with Crippen molar-refractivity contribution in [2.45, 2.75) is 162 Å². The van der Waals surface area contributed by atoms with Crippen molar-refractivity contribution in [3.8, 4) is 0 Å². The third-order valence-electron chi connectivity index (χ3n) is 5.74. The predicted octanol–water partition coefficient (Wildman–Crippen LogP) is 9.24. The third-order valence-corrected chi connectivity index (χ3v) is 5.74. The molecule has 0 heterocycles. The Labute approximate surface area is 200 Å². The van der Waals surface area contributed by atoms with Gasteiger partial charge in [0, 0.05) is 12.8 Å². The summed E-state index contributed by atoms with van der Waals surface area (Å²) in [5.41, 5.74) is 0. The molecule has 0 aliphatic carbocycles. The van der Waals surface area contributed by atoms with Gasteiger partial charge in [-0.2, -0.15) is 0 Å². The molecule has 0 unspecified atom stereocenters. The van der Waals surface area contributed by atoms with Crippen molar-refractivity contribution in [1.29, 1.82) is 0 Å². The second kappa shape index (κ2) is 29.9. The van der Waals surface area contributed by atoms with Crippen LogP contribution in [0.25, 0.3) is 0 Å². The fourth-order valence-corrected chi connectivity index (χ4v) is 3.57. The highest BCUT2D eigenvalue weighted by molar-refractivity contribution is 5.69. The number of unbranched alkanes of at least 4 members (excludes halogenated alkanes) is 17. The first kappa shape index (κ1) is 33.1. The number of carboxylic acids is 1. The number of hydrogen-bond acceptors (Lipinski definition) is 3. The second-order valence-corrected chi connectivity index (χ2v) is 9.12. The van der Waals surface area contributed by atoms with Crippen molar-refractivity contribution in [2.24, 2.45) is 0 Å². The Morgan fingerprint density at radius 3 is 1.22 bits per heavy atom. The Morgan fingerprint density at radius 1 is 0.500 bits per heavy atom. The topological polar surface area (TPSA) is 63.6 Å². The number of rotatable bonds is 23. The van der Waals surface area contributed by atoms with Gasteiger partial charge in [0.1, 0.15) is 0 Å². The SMILES string of the molecule is CCCCCCCCCCCC(=O)O.CCCCCCCCCCCC(=O)OCCCC. The minimum absolute atomic E-state index is 0.00797. The summed E-state index contributed by atoms with van der Waals surface area (Å²) in [5.74, 6) is -0.667.